The van der Waals surface area contributed by atoms with Gasteiger partial charge in [0.15, 0.2) is 17.6 Å². The van der Waals surface area contributed by atoms with Gasteiger partial charge in [0.2, 0.25) is 0 Å². The fraction of sp³-hybridized carbons (Fsp3) is 0.333. The summed E-state index contributed by atoms with van der Waals surface area (Å²) < 4.78 is 15.9. The van der Waals surface area contributed by atoms with Gasteiger partial charge in [0.25, 0.3) is 5.91 Å². The minimum absolute atomic E-state index is 0.0286. The number of benzene rings is 2. The van der Waals surface area contributed by atoms with Crippen LogP contribution in [0.4, 0.5) is 5.69 Å². The van der Waals surface area contributed by atoms with Gasteiger partial charge in [0.05, 0.1) is 20.1 Å². The summed E-state index contributed by atoms with van der Waals surface area (Å²) in [5.41, 5.74) is 1.85. The predicted molar refractivity (Wildman–Crippen MR) is 103 cm³/mol. The van der Waals surface area contributed by atoms with Gasteiger partial charge in [0.1, 0.15) is 0 Å². The number of aryl methyl sites for hydroxylation is 1. The first-order valence-corrected chi connectivity index (χ1v) is 8.88. The molecule has 1 N–H and O–H groups in total. The van der Waals surface area contributed by atoms with Crippen LogP contribution in [0, 0.1) is 0 Å². The van der Waals surface area contributed by atoms with E-state index in [4.69, 9.17) is 14.2 Å². The molecule has 0 aliphatic heterocycles. The maximum atomic E-state index is 12.1. The second kappa shape index (κ2) is 10.2. The zero-order valence-corrected chi connectivity index (χ0v) is 15.9. The molecule has 1 amide bonds. The molecule has 0 aliphatic rings. The number of methoxy groups -OCH3 is 1. The fourth-order valence-corrected chi connectivity index (χ4v) is 2.36. The van der Waals surface area contributed by atoms with Crippen LogP contribution in [0.3, 0.4) is 0 Å². The van der Waals surface area contributed by atoms with Crippen molar-refractivity contribution >= 4 is 17.6 Å². The molecule has 27 heavy (non-hydrogen) atoms. The lowest BCUT2D eigenvalue weighted by Crippen LogP contribution is -2.30. The highest BCUT2D eigenvalue weighted by Crippen LogP contribution is 2.25. The number of hydrogen-bond acceptors (Lipinski definition) is 5. The molecule has 2 aromatic rings. The fourth-order valence-electron chi connectivity index (χ4n) is 2.36. The van der Waals surface area contributed by atoms with Gasteiger partial charge in [-0.2, -0.15) is 0 Å². The van der Waals surface area contributed by atoms with Crippen molar-refractivity contribution in [2.75, 3.05) is 19.0 Å². The van der Waals surface area contributed by atoms with E-state index in [0.717, 1.165) is 6.42 Å². The molecule has 0 heterocycles. The number of amides is 1. The van der Waals surface area contributed by atoms with E-state index in [1.807, 2.05) is 36.4 Å². The van der Waals surface area contributed by atoms with Crippen LogP contribution in [0.2, 0.25) is 0 Å². The second-order valence-electron chi connectivity index (χ2n) is 5.92. The van der Waals surface area contributed by atoms with Crippen molar-refractivity contribution < 1.29 is 23.8 Å². The van der Waals surface area contributed by atoms with Crippen LogP contribution in [-0.4, -0.2) is 31.7 Å². The molecule has 1 atom stereocenters. The number of esters is 1. The molecule has 0 aliphatic carbocycles. The molecule has 0 aromatic heterocycles. The molecule has 0 fully saturated rings. The summed E-state index contributed by atoms with van der Waals surface area (Å²) in [6.45, 7) is 3.73. The Balaban J connectivity index is 1.76. The second-order valence-corrected chi connectivity index (χ2v) is 5.92. The quantitative estimate of drug-likeness (QED) is 0.682. The van der Waals surface area contributed by atoms with Crippen molar-refractivity contribution in [1.82, 2.24) is 0 Å². The summed E-state index contributed by atoms with van der Waals surface area (Å²) in [5.74, 6) is 0.258. The van der Waals surface area contributed by atoms with E-state index in [-0.39, 0.29) is 18.9 Å². The maximum absolute atomic E-state index is 12.1. The third-order valence-electron chi connectivity index (χ3n) is 3.94. The number of rotatable bonds is 9. The summed E-state index contributed by atoms with van der Waals surface area (Å²) in [6.07, 6.45) is 0.0645. The Labute approximate surface area is 159 Å². The molecule has 0 bridgehead atoms. The van der Waals surface area contributed by atoms with Gasteiger partial charge in [-0.1, -0.05) is 31.2 Å². The third-order valence-corrected chi connectivity index (χ3v) is 3.94. The Morgan fingerprint density at radius 2 is 1.70 bits per heavy atom. The van der Waals surface area contributed by atoms with Gasteiger partial charge in [-0.15, -0.1) is 0 Å². The zero-order chi connectivity index (χ0) is 19.6. The lowest BCUT2D eigenvalue weighted by molar-refractivity contribution is -0.153. The zero-order valence-electron chi connectivity index (χ0n) is 15.9. The van der Waals surface area contributed by atoms with Crippen LogP contribution in [-0.2, 0) is 20.7 Å². The highest BCUT2D eigenvalue weighted by Gasteiger charge is 2.18. The Morgan fingerprint density at radius 1 is 1.04 bits per heavy atom. The van der Waals surface area contributed by atoms with Crippen LogP contribution in [0.25, 0.3) is 0 Å². The highest BCUT2D eigenvalue weighted by atomic mass is 16.6. The highest BCUT2D eigenvalue weighted by molar-refractivity contribution is 5.95. The van der Waals surface area contributed by atoms with Crippen molar-refractivity contribution in [3.8, 4) is 11.5 Å². The Kier molecular flexibility index (Phi) is 7.67. The summed E-state index contributed by atoms with van der Waals surface area (Å²) in [6, 6.07) is 14.7. The summed E-state index contributed by atoms with van der Waals surface area (Å²) in [5, 5.41) is 2.73. The Bertz CT molecular complexity index is 757. The van der Waals surface area contributed by atoms with Gasteiger partial charge in [-0.05, 0) is 43.2 Å². The van der Waals surface area contributed by atoms with Crippen LogP contribution >= 0.6 is 0 Å². The number of para-hydroxylation sites is 2. The number of anilines is 1. The van der Waals surface area contributed by atoms with E-state index in [1.54, 1.807) is 19.2 Å². The number of hydrogen-bond donors (Lipinski definition) is 1. The minimum Gasteiger partial charge on any atom is -0.493 e. The first kappa shape index (κ1) is 20.3. The topological polar surface area (TPSA) is 73.9 Å². The van der Waals surface area contributed by atoms with Crippen LogP contribution in [0.15, 0.2) is 48.5 Å². The molecule has 2 rings (SSSR count). The first-order valence-electron chi connectivity index (χ1n) is 8.88. The molecule has 2 aromatic carbocycles. The van der Waals surface area contributed by atoms with Crippen molar-refractivity contribution in [3.05, 3.63) is 54.1 Å². The molecule has 0 radical (unpaired) electrons. The van der Waals surface area contributed by atoms with Crippen molar-refractivity contribution in [1.29, 1.82) is 0 Å². The van der Waals surface area contributed by atoms with E-state index in [2.05, 4.69) is 12.2 Å². The average Bonchev–Trinajstić information content (AvgIpc) is 2.68. The van der Waals surface area contributed by atoms with E-state index < -0.39 is 12.1 Å². The van der Waals surface area contributed by atoms with Crippen molar-refractivity contribution in [3.63, 3.8) is 0 Å². The van der Waals surface area contributed by atoms with E-state index in [0.29, 0.717) is 17.2 Å². The average molecular weight is 371 g/mol. The largest absolute Gasteiger partial charge is 0.493 e. The molecule has 6 heteroatoms. The Morgan fingerprint density at radius 3 is 2.33 bits per heavy atom. The molecule has 6 nitrogen and oxygen atoms in total. The summed E-state index contributed by atoms with van der Waals surface area (Å²) >= 11 is 0. The number of nitrogens with one attached hydrogen (secondary N) is 1. The lowest BCUT2D eigenvalue weighted by atomic mass is 10.1. The van der Waals surface area contributed by atoms with E-state index in [9.17, 15) is 9.59 Å². The van der Waals surface area contributed by atoms with Gasteiger partial charge >= 0.3 is 5.97 Å². The van der Waals surface area contributed by atoms with Gasteiger partial charge in [-0.25, -0.2) is 0 Å². The molecular weight excluding hydrogens is 346 g/mol. The molecular formula is C21H25NO5. The molecule has 0 spiro atoms. The molecule has 144 valence electrons. The maximum Gasteiger partial charge on any atom is 0.310 e. The van der Waals surface area contributed by atoms with E-state index in [1.165, 1.54) is 12.5 Å². The van der Waals surface area contributed by atoms with Gasteiger partial charge < -0.3 is 19.5 Å². The van der Waals surface area contributed by atoms with Crippen LogP contribution < -0.4 is 14.8 Å². The number of carbonyl (C=O) groups excluding carboxylic acids is 2. The number of ether oxygens (including phenoxy) is 3. The third kappa shape index (κ3) is 6.33. The smallest absolute Gasteiger partial charge is 0.310 e. The minimum atomic E-state index is -0.894. The molecule has 0 saturated carbocycles. The Hall–Kier alpha value is -3.02. The van der Waals surface area contributed by atoms with E-state index >= 15 is 0 Å². The van der Waals surface area contributed by atoms with Crippen molar-refractivity contribution in [2.45, 2.75) is 32.8 Å². The van der Waals surface area contributed by atoms with Gasteiger partial charge in [-0.3, -0.25) is 9.59 Å². The molecule has 0 saturated heterocycles. The normalized spacial score (nSPS) is 11.4. The van der Waals surface area contributed by atoms with Crippen molar-refractivity contribution in [2.24, 2.45) is 0 Å². The standard InChI is InChI=1S/C21H25NO5/c1-4-16-9-11-17(12-10-16)22-21(24)15(2)27-20(23)13-14-26-19-8-6-5-7-18(19)25-3/h5-12,15H,4,13-14H2,1-3H3,(H,22,24). The molecule has 1 unspecified atom stereocenters. The van der Waals surface area contributed by atoms with Crippen LogP contribution in [0.1, 0.15) is 25.8 Å². The summed E-state index contributed by atoms with van der Waals surface area (Å²) in [7, 11) is 1.55. The first-order chi connectivity index (χ1) is 13.0. The lowest BCUT2D eigenvalue weighted by Gasteiger charge is -2.14. The number of carbonyl (C=O) groups is 2. The monoisotopic (exact) mass is 371 g/mol. The van der Waals surface area contributed by atoms with Crippen LogP contribution in [0.5, 0.6) is 11.5 Å². The summed E-state index contributed by atoms with van der Waals surface area (Å²) in [4.78, 5) is 24.1. The van der Waals surface area contributed by atoms with Gasteiger partial charge in [0, 0.05) is 5.69 Å². The SMILES string of the molecule is CCc1ccc(NC(=O)C(C)OC(=O)CCOc2ccccc2OC)cc1. The predicted octanol–water partition coefficient (Wildman–Crippen LogP) is 3.60.